The topological polar surface area (TPSA) is 35.6 Å². The van der Waals surface area contributed by atoms with E-state index in [1.54, 1.807) is 0 Å². The van der Waals surface area contributed by atoms with E-state index in [1.165, 1.54) is 0 Å². The van der Waals surface area contributed by atoms with Crippen molar-refractivity contribution in [2.24, 2.45) is 0 Å². The molecule has 0 spiro atoms. The zero-order chi connectivity index (χ0) is 16.2. The fourth-order valence-corrected chi connectivity index (χ4v) is 4.22. The number of likely N-dealkylation sites (N-methyl/N-ethyl adjacent to an activating group) is 1. The second kappa shape index (κ2) is 7.45. The lowest BCUT2D eigenvalue weighted by molar-refractivity contribution is -0.140. The number of carbonyl (C=O) groups excluding carboxylic acids is 1. The third-order valence-electron chi connectivity index (χ3n) is 5.44. The van der Waals surface area contributed by atoms with Gasteiger partial charge >= 0.3 is 0 Å². The van der Waals surface area contributed by atoms with Crippen molar-refractivity contribution in [3.05, 3.63) is 35.9 Å². The number of fused-ring (bicyclic) bond motifs is 2. The van der Waals surface area contributed by atoms with E-state index in [1.807, 2.05) is 18.2 Å². The molecule has 0 saturated carbocycles. The van der Waals surface area contributed by atoms with Crippen LogP contribution in [0, 0.1) is 0 Å². The van der Waals surface area contributed by atoms with Crippen LogP contribution in [-0.2, 0) is 4.79 Å². The molecule has 3 atom stereocenters. The number of carbonyl (C=O) groups is 1. The predicted molar refractivity (Wildman–Crippen MR) is 93.2 cm³/mol. The minimum Gasteiger partial charge on any atom is -0.334 e. The van der Waals surface area contributed by atoms with E-state index in [9.17, 15) is 4.79 Å². The van der Waals surface area contributed by atoms with Crippen molar-refractivity contribution in [1.82, 2.24) is 15.1 Å². The third kappa shape index (κ3) is 3.29. The first-order valence-electron chi connectivity index (χ1n) is 9.08. The molecule has 1 aromatic rings. The van der Waals surface area contributed by atoms with E-state index < -0.39 is 0 Å². The van der Waals surface area contributed by atoms with Crippen molar-refractivity contribution in [3.63, 3.8) is 0 Å². The molecule has 2 saturated heterocycles. The summed E-state index contributed by atoms with van der Waals surface area (Å²) in [5, 5.41) is 3.49. The minimum atomic E-state index is -0.146. The van der Waals surface area contributed by atoms with Crippen LogP contribution in [0.2, 0.25) is 0 Å². The molecule has 4 nitrogen and oxygen atoms in total. The zero-order valence-corrected chi connectivity index (χ0v) is 14.4. The molecule has 1 aromatic carbocycles. The van der Waals surface area contributed by atoms with Crippen LogP contribution in [-0.4, -0.2) is 54.0 Å². The zero-order valence-electron chi connectivity index (χ0n) is 14.4. The predicted octanol–water partition coefficient (Wildman–Crippen LogP) is 2.42. The first-order valence-corrected chi connectivity index (χ1v) is 9.08. The van der Waals surface area contributed by atoms with Crippen molar-refractivity contribution in [2.45, 2.75) is 51.2 Å². The SMILES string of the molecule is CCN(CC)C(C(=O)N1C2CCNCC1CC2)c1ccccc1. The molecule has 23 heavy (non-hydrogen) atoms. The van der Waals surface area contributed by atoms with Crippen molar-refractivity contribution in [2.75, 3.05) is 26.2 Å². The van der Waals surface area contributed by atoms with E-state index in [-0.39, 0.29) is 6.04 Å². The lowest BCUT2D eigenvalue weighted by Crippen LogP contribution is -2.49. The van der Waals surface area contributed by atoms with Gasteiger partial charge in [0.05, 0.1) is 0 Å². The highest BCUT2D eigenvalue weighted by Gasteiger charge is 2.41. The summed E-state index contributed by atoms with van der Waals surface area (Å²) in [5.74, 6) is 0.302. The average molecular weight is 315 g/mol. The molecule has 3 unspecified atom stereocenters. The highest BCUT2D eigenvalue weighted by molar-refractivity contribution is 5.84. The molecule has 0 aliphatic carbocycles. The summed E-state index contributed by atoms with van der Waals surface area (Å²) in [7, 11) is 0. The molecule has 2 bridgehead atoms. The van der Waals surface area contributed by atoms with Gasteiger partial charge in [-0.3, -0.25) is 9.69 Å². The van der Waals surface area contributed by atoms with Gasteiger partial charge in [0.2, 0.25) is 5.91 Å². The molecular formula is C19H29N3O. The molecule has 2 aliphatic rings. The lowest BCUT2D eigenvalue weighted by Gasteiger charge is -2.36. The van der Waals surface area contributed by atoms with Gasteiger partial charge in [-0.25, -0.2) is 0 Å². The van der Waals surface area contributed by atoms with Gasteiger partial charge in [0, 0.05) is 18.6 Å². The van der Waals surface area contributed by atoms with Crippen molar-refractivity contribution in [1.29, 1.82) is 0 Å². The molecule has 2 heterocycles. The molecule has 1 amide bonds. The Bertz CT molecular complexity index is 501. The molecular weight excluding hydrogens is 286 g/mol. The molecule has 126 valence electrons. The number of nitrogens with one attached hydrogen (secondary N) is 1. The van der Waals surface area contributed by atoms with E-state index in [2.05, 4.69) is 41.1 Å². The first-order chi connectivity index (χ1) is 11.3. The Morgan fingerprint density at radius 3 is 2.57 bits per heavy atom. The molecule has 4 heteroatoms. The Balaban J connectivity index is 1.91. The summed E-state index contributed by atoms with van der Waals surface area (Å²) in [4.78, 5) is 18.0. The maximum atomic E-state index is 13.5. The highest BCUT2D eigenvalue weighted by Crippen LogP contribution is 2.33. The van der Waals surface area contributed by atoms with Crippen LogP contribution < -0.4 is 5.32 Å². The molecule has 1 N–H and O–H groups in total. The van der Waals surface area contributed by atoms with Crippen LogP contribution in [0.15, 0.2) is 30.3 Å². The normalized spacial score (nSPS) is 25.4. The summed E-state index contributed by atoms with van der Waals surface area (Å²) < 4.78 is 0. The molecule has 0 aromatic heterocycles. The first kappa shape index (κ1) is 16.5. The quantitative estimate of drug-likeness (QED) is 0.906. The molecule has 3 rings (SSSR count). The van der Waals surface area contributed by atoms with Crippen LogP contribution in [0.25, 0.3) is 0 Å². The number of rotatable bonds is 5. The van der Waals surface area contributed by atoms with Gasteiger partial charge in [-0.1, -0.05) is 44.2 Å². The molecule has 0 radical (unpaired) electrons. The Kier molecular flexibility index (Phi) is 5.34. The number of nitrogens with zero attached hydrogens (tertiary/aromatic N) is 2. The second-order valence-corrected chi connectivity index (χ2v) is 6.66. The Morgan fingerprint density at radius 2 is 1.87 bits per heavy atom. The Labute approximate surface area is 139 Å². The maximum absolute atomic E-state index is 13.5. The van der Waals surface area contributed by atoms with E-state index >= 15 is 0 Å². The van der Waals surface area contributed by atoms with Crippen LogP contribution in [0.3, 0.4) is 0 Å². The smallest absolute Gasteiger partial charge is 0.245 e. The summed E-state index contributed by atoms with van der Waals surface area (Å²) in [6, 6.07) is 10.9. The van der Waals surface area contributed by atoms with E-state index in [0.717, 1.165) is 51.0 Å². The maximum Gasteiger partial charge on any atom is 0.245 e. The summed E-state index contributed by atoms with van der Waals surface area (Å²) in [6.07, 6.45) is 3.39. The minimum absolute atomic E-state index is 0.146. The second-order valence-electron chi connectivity index (χ2n) is 6.66. The van der Waals surface area contributed by atoms with Crippen LogP contribution in [0.4, 0.5) is 0 Å². The van der Waals surface area contributed by atoms with Crippen molar-refractivity contribution >= 4 is 5.91 Å². The van der Waals surface area contributed by atoms with Gasteiger partial charge in [0.1, 0.15) is 6.04 Å². The molecule has 2 fully saturated rings. The monoisotopic (exact) mass is 315 g/mol. The Morgan fingerprint density at radius 1 is 1.17 bits per heavy atom. The van der Waals surface area contributed by atoms with Gasteiger partial charge in [0.15, 0.2) is 0 Å². The summed E-state index contributed by atoms with van der Waals surface area (Å²) >= 11 is 0. The largest absolute Gasteiger partial charge is 0.334 e. The highest BCUT2D eigenvalue weighted by atomic mass is 16.2. The standard InChI is InChI=1S/C19H29N3O/c1-3-21(4-2)18(15-8-6-5-7-9-15)19(23)22-16-10-11-17(22)14-20-13-12-16/h5-9,16-18,20H,3-4,10-14H2,1-2H3. The van der Waals surface area contributed by atoms with Gasteiger partial charge in [-0.2, -0.15) is 0 Å². The van der Waals surface area contributed by atoms with Gasteiger partial charge in [-0.15, -0.1) is 0 Å². The third-order valence-corrected chi connectivity index (χ3v) is 5.44. The fourth-order valence-electron chi connectivity index (χ4n) is 4.22. The summed E-state index contributed by atoms with van der Waals surface area (Å²) in [6.45, 7) is 8.05. The van der Waals surface area contributed by atoms with E-state index in [4.69, 9.17) is 0 Å². The van der Waals surface area contributed by atoms with Gasteiger partial charge in [-0.05, 0) is 44.5 Å². The lowest BCUT2D eigenvalue weighted by atomic mass is 10.0. The fraction of sp³-hybridized carbons (Fsp3) is 0.632. The van der Waals surface area contributed by atoms with Crippen LogP contribution in [0.5, 0.6) is 0 Å². The van der Waals surface area contributed by atoms with Gasteiger partial charge < -0.3 is 10.2 Å². The van der Waals surface area contributed by atoms with E-state index in [0.29, 0.717) is 18.0 Å². The Hall–Kier alpha value is -1.39. The van der Waals surface area contributed by atoms with Gasteiger partial charge in [0.25, 0.3) is 0 Å². The number of hydrogen-bond donors (Lipinski definition) is 1. The van der Waals surface area contributed by atoms with Crippen LogP contribution in [0.1, 0.15) is 44.7 Å². The summed E-state index contributed by atoms with van der Waals surface area (Å²) in [5.41, 5.74) is 1.12. The van der Waals surface area contributed by atoms with Crippen molar-refractivity contribution in [3.8, 4) is 0 Å². The average Bonchev–Trinajstić information content (AvgIpc) is 2.85. The molecule has 2 aliphatic heterocycles. The van der Waals surface area contributed by atoms with Crippen molar-refractivity contribution < 1.29 is 4.79 Å². The number of hydrogen-bond acceptors (Lipinski definition) is 3. The van der Waals surface area contributed by atoms with Crippen LogP contribution >= 0.6 is 0 Å². The number of benzene rings is 1. The number of amides is 1.